The third-order valence-corrected chi connectivity index (χ3v) is 6.28. The Hall–Kier alpha value is -4.13. The minimum absolute atomic E-state index is 0.174. The van der Waals surface area contributed by atoms with Gasteiger partial charge in [-0.2, -0.15) is 10.4 Å². The number of imidazole rings is 1. The fourth-order valence-corrected chi connectivity index (χ4v) is 4.62. The number of aromatic nitrogens is 5. The maximum Gasteiger partial charge on any atom is 0.410 e. The van der Waals surface area contributed by atoms with Crippen molar-refractivity contribution in [2.45, 2.75) is 45.3 Å². The Balaban J connectivity index is 1.57. The zero-order valence-electron chi connectivity index (χ0n) is 20.2. The molecule has 180 valence electrons. The van der Waals surface area contributed by atoms with Crippen molar-refractivity contribution in [1.29, 1.82) is 5.26 Å². The van der Waals surface area contributed by atoms with Crippen molar-refractivity contribution in [3.63, 3.8) is 0 Å². The van der Waals surface area contributed by atoms with Crippen LogP contribution in [0, 0.1) is 11.3 Å². The van der Waals surface area contributed by atoms with Gasteiger partial charge in [0.2, 0.25) is 0 Å². The number of aryl methyl sites for hydroxylation is 1. The van der Waals surface area contributed by atoms with E-state index in [1.54, 1.807) is 50.1 Å². The Bertz CT molecular complexity index is 1550. The van der Waals surface area contributed by atoms with Gasteiger partial charge in [0.05, 0.1) is 40.6 Å². The summed E-state index contributed by atoms with van der Waals surface area (Å²) >= 11 is 0. The van der Waals surface area contributed by atoms with Gasteiger partial charge in [-0.05, 0) is 57.9 Å². The number of carbonyl (C=O) groups is 1. The Kier molecular flexibility index (Phi) is 5.35. The third kappa shape index (κ3) is 4.03. The van der Waals surface area contributed by atoms with Crippen LogP contribution in [0.4, 0.5) is 4.79 Å². The molecule has 4 aromatic heterocycles. The van der Waals surface area contributed by atoms with Crippen molar-refractivity contribution in [1.82, 2.24) is 28.6 Å². The molecule has 0 spiro atoms. The van der Waals surface area contributed by atoms with Crippen LogP contribution in [0.25, 0.3) is 27.9 Å². The molecule has 1 fully saturated rings. The van der Waals surface area contributed by atoms with E-state index in [2.05, 4.69) is 11.2 Å². The monoisotopic (exact) mass is 473 g/mol. The van der Waals surface area contributed by atoms with Crippen LogP contribution in [0.1, 0.15) is 45.2 Å². The molecule has 10 nitrogen and oxygen atoms in total. The Morgan fingerprint density at radius 3 is 2.77 bits per heavy atom. The van der Waals surface area contributed by atoms with E-state index in [4.69, 9.17) is 9.72 Å². The number of hydrogen-bond donors (Lipinski definition) is 0. The lowest BCUT2D eigenvalue weighted by Crippen LogP contribution is -2.45. The number of fused-ring (bicyclic) bond motifs is 2. The van der Waals surface area contributed by atoms with Gasteiger partial charge in [0.1, 0.15) is 5.60 Å². The van der Waals surface area contributed by atoms with Crippen LogP contribution in [-0.4, -0.2) is 53.4 Å². The van der Waals surface area contributed by atoms with Crippen LogP contribution in [-0.2, 0) is 11.8 Å². The number of ether oxygens (including phenoxy) is 1. The molecule has 1 amide bonds. The first-order chi connectivity index (χ1) is 16.7. The van der Waals surface area contributed by atoms with E-state index in [9.17, 15) is 14.9 Å². The number of hydrogen-bond acceptors (Lipinski definition) is 6. The van der Waals surface area contributed by atoms with Crippen LogP contribution < -0.4 is 5.69 Å². The number of nitrogens with zero attached hydrogens (tertiary/aromatic N) is 7. The predicted octanol–water partition coefficient (Wildman–Crippen LogP) is 3.49. The molecule has 1 atom stereocenters. The minimum atomic E-state index is -0.587. The summed E-state index contributed by atoms with van der Waals surface area (Å²) in [6, 6.07) is 9.14. The maximum absolute atomic E-state index is 13.3. The van der Waals surface area contributed by atoms with E-state index in [0.29, 0.717) is 35.5 Å². The summed E-state index contributed by atoms with van der Waals surface area (Å²) < 4.78 is 10.5. The summed E-state index contributed by atoms with van der Waals surface area (Å²) in [7, 11) is 1.73. The molecule has 4 aromatic rings. The van der Waals surface area contributed by atoms with Gasteiger partial charge in [-0.3, -0.25) is 9.13 Å². The molecule has 0 aromatic carbocycles. The van der Waals surface area contributed by atoms with E-state index < -0.39 is 5.60 Å². The molecular formula is C25H27N7O3. The third-order valence-electron chi connectivity index (χ3n) is 6.28. The predicted molar refractivity (Wildman–Crippen MR) is 130 cm³/mol. The number of pyridine rings is 2. The lowest BCUT2D eigenvalue weighted by atomic mass is 10.1. The summed E-state index contributed by atoms with van der Waals surface area (Å²) in [5.41, 5.74) is 3.22. The molecule has 0 aliphatic carbocycles. The highest BCUT2D eigenvalue weighted by Crippen LogP contribution is 2.29. The van der Waals surface area contributed by atoms with Gasteiger partial charge >= 0.3 is 11.8 Å². The van der Waals surface area contributed by atoms with E-state index in [1.807, 2.05) is 32.9 Å². The first-order valence-electron chi connectivity index (χ1n) is 11.6. The number of piperidine rings is 1. The molecule has 0 N–H and O–H groups in total. The van der Waals surface area contributed by atoms with E-state index in [0.717, 1.165) is 23.9 Å². The van der Waals surface area contributed by atoms with Crippen LogP contribution in [0.5, 0.6) is 0 Å². The number of amides is 1. The van der Waals surface area contributed by atoms with Crippen molar-refractivity contribution in [2.75, 3.05) is 13.1 Å². The number of rotatable bonds is 2. The highest BCUT2D eigenvalue weighted by molar-refractivity contribution is 5.83. The van der Waals surface area contributed by atoms with E-state index in [-0.39, 0.29) is 17.8 Å². The molecule has 0 bridgehead atoms. The second kappa shape index (κ2) is 8.27. The standard InChI is InChI=1S/C25H27N7O3/c1-25(2,3)35-24(34)30-10-5-6-17(15-30)32-22-20(29(4)23(32)33)8-7-19(28-22)18-14-27-31-11-9-16(13-26)12-21(18)31/h7-9,11-12,14,17H,5-6,10,15H2,1-4H3/t17-/m0/s1. The molecule has 1 aliphatic heterocycles. The van der Waals surface area contributed by atoms with Crippen LogP contribution in [0.15, 0.2) is 41.5 Å². The van der Waals surface area contributed by atoms with Gasteiger partial charge in [-0.25, -0.2) is 19.1 Å². The summed E-state index contributed by atoms with van der Waals surface area (Å²) in [6.07, 6.45) is 4.59. The molecule has 0 saturated carbocycles. The maximum atomic E-state index is 13.3. The second-order valence-electron chi connectivity index (χ2n) is 9.89. The van der Waals surface area contributed by atoms with Crippen molar-refractivity contribution in [2.24, 2.45) is 7.05 Å². The Labute approximate surface area is 202 Å². The second-order valence-corrected chi connectivity index (χ2v) is 9.89. The number of nitriles is 1. The lowest BCUT2D eigenvalue weighted by Gasteiger charge is -2.34. The van der Waals surface area contributed by atoms with Gasteiger partial charge in [-0.1, -0.05) is 0 Å². The van der Waals surface area contributed by atoms with Gasteiger partial charge in [0.15, 0.2) is 5.65 Å². The number of carbonyl (C=O) groups excluding carboxylic acids is 1. The first-order valence-corrected chi connectivity index (χ1v) is 11.6. The Morgan fingerprint density at radius 2 is 2.03 bits per heavy atom. The molecule has 0 radical (unpaired) electrons. The van der Waals surface area contributed by atoms with E-state index in [1.165, 1.54) is 0 Å². The van der Waals surface area contributed by atoms with Gasteiger partial charge in [0, 0.05) is 31.9 Å². The molecule has 0 unspecified atom stereocenters. The quantitative estimate of drug-likeness (QED) is 0.441. The van der Waals surface area contributed by atoms with Gasteiger partial charge in [0.25, 0.3) is 0 Å². The summed E-state index contributed by atoms with van der Waals surface area (Å²) in [5, 5.41) is 13.7. The molecule has 35 heavy (non-hydrogen) atoms. The van der Waals surface area contributed by atoms with Gasteiger partial charge < -0.3 is 9.64 Å². The topological polar surface area (TPSA) is 110 Å². The van der Waals surface area contributed by atoms with Crippen molar-refractivity contribution in [3.8, 4) is 17.3 Å². The van der Waals surface area contributed by atoms with Crippen molar-refractivity contribution >= 4 is 22.8 Å². The molecule has 5 heterocycles. The smallest absolute Gasteiger partial charge is 0.410 e. The molecule has 1 saturated heterocycles. The molecule has 10 heteroatoms. The normalized spacial score (nSPS) is 16.5. The fourth-order valence-electron chi connectivity index (χ4n) is 4.62. The molecule has 1 aliphatic rings. The average Bonchev–Trinajstić information content (AvgIpc) is 3.36. The minimum Gasteiger partial charge on any atom is -0.444 e. The summed E-state index contributed by atoms with van der Waals surface area (Å²) in [4.78, 5) is 32.5. The van der Waals surface area contributed by atoms with Crippen molar-refractivity contribution in [3.05, 3.63) is 52.7 Å². The van der Waals surface area contributed by atoms with Crippen LogP contribution in [0.2, 0.25) is 0 Å². The Morgan fingerprint density at radius 1 is 1.23 bits per heavy atom. The highest BCUT2D eigenvalue weighted by atomic mass is 16.6. The van der Waals surface area contributed by atoms with Crippen LogP contribution >= 0.6 is 0 Å². The summed E-state index contributed by atoms with van der Waals surface area (Å²) in [6.45, 7) is 6.49. The largest absolute Gasteiger partial charge is 0.444 e. The van der Waals surface area contributed by atoms with E-state index >= 15 is 0 Å². The first kappa shape index (κ1) is 22.7. The zero-order valence-corrected chi connectivity index (χ0v) is 20.2. The highest BCUT2D eigenvalue weighted by Gasteiger charge is 2.31. The van der Waals surface area contributed by atoms with Gasteiger partial charge in [-0.15, -0.1) is 0 Å². The zero-order chi connectivity index (χ0) is 24.9. The fraction of sp³-hybridized carbons (Fsp3) is 0.400. The van der Waals surface area contributed by atoms with Crippen LogP contribution in [0.3, 0.4) is 0 Å². The van der Waals surface area contributed by atoms with Crippen molar-refractivity contribution < 1.29 is 9.53 Å². The SMILES string of the molecule is Cn1c(=O)n([C@H]2CCCN(C(=O)OC(C)(C)C)C2)c2nc(-c3cnn4ccc(C#N)cc34)ccc21. The average molecular weight is 474 g/mol. The number of likely N-dealkylation sites (tertiary alicyclic amines) is 1. The summed E-state index contributed by atoms with van der Waals surface area (Å²) in [5.74, 6) is 0. The molecule has 5 rings (SSSR count). The molecular weight excluding hydrogens is 446 g/mol. The lowest BCUT2D eigenvalue weighted by molar-refractivity contribution is 0.0172.